The summed E-state index contributed by atoms with van der Waals surface area (Å²) in [6.07, 6.45) is -0.139. The lowest BCUT2D eigenvalue weighted by Crippen LogP contribution is -2.47. The van der Waals surface area contributed by atoms with Gasteiger partial charge in [0.05, 0.1) is 16.6 Å². The summed E-state index contributed by atoms with van der Waals surface area (Å²) in [5.41, 5.74) is 4.71. The number of aryl methyl sites for hydroxylation is 2. The van der Waals surface area contributed by atoms with Crippen molar-refractivity contribution >= 4 is 16.0 Å². The lowest BCUT2D eigenvalue weighted by Gasteiger charge is -2.29. The van der Waals surface area contributed by atoms with Crippen molar-refractivity contribution in [1.29, 1.82) is 0 Å². The number of nitrogens with zero attached hydrogens (tertiary/aromatic N) is 1. The van der Waals surface area contributed by atoms with E-state index < -0.39 is 22.1 Å². The molecule has 198 valence electrons. The van der Waals surface area contributed by atoms with Crippen molar-refractivity contribution in [3.63, 3.8) is 0 Å². The summed E-state index contributed by atoms with van der Waals surface area (Å²) in [5.74, 6) is -1.05. The van der Waals surface area contributed by atoms with E-state index in [1.807, 2.05) is 0 Å². The van der Waals surface area contributed by atoms with Crippen LogP contribution in [0.1, 0.15) is 40.9 Å². The van der Waals surface area contributed by atoms with E-state index in [9.17, 15) is 23.4 Å². The van der Waals surface area contributed by atoms with Crippen molar-refractivity contribution in [2.75, 3.05) is 20.1 Å². The predicted octanol–water partition coefficient (Wildman–Crippen LogP) is 4.26. The van der Waals surface area contributed by atoms with Gasteiger partial charge in [-0.15, -0.1) is 0 Å². The Kier molecular flexibility index (Phi) is 8.92. The zero-order chi connectivity index (χ0) is 27.4. The highest BCUT2D eigenvalue weighted by Gasteiger charge is 2.25. The van der Waals surface area contributed by atoms with Crippen LogP contribution in [0.25, 0.3) is 11.1 Å². The minimum Gasteiger partial charge on any atom is -0.478 e. The second-order valence-corrected chi connectivity index (χ2v) is 12.3. The highest BCUT2D eigenvalue weighted by Crippen LogP contribution is 2.25. The van der Waals surface area contributed by atoms with Gasteiger partial charge in [-0.2, -0.15) is 4.31 Å². The van der Waals surface area contributed by atoms with Crippen LogP contribution in [0.3, 0.4) is 0 Å². The number of hydrogen-bond acceptors (Lipinski definition) is 5. The summed E-state index contributed by atoms with van der Waals surface area (Å²) < 4.78 is 27.6. The molecule has 0 spiro atoms. The van der Waals surface area contributed by atoms with E-state index in [-0.39, 0.29) is 29.1 Å². The molecule has 0 saturated heterocycles. The number of β-amino-alcohol motifs (C(OH)–C–C–N with tert-alkyl or cyclic N) is 1. The van der Waals surface area contributed by atoms with Crippen LogP contribution in [-0.4, -0.2) is 60.7 Å². The Balaban J connectivity index is 1.65. The molecule has 1 unspecified atom stereocenters. The monoisotopic (exact) mass is 524 g/mol. The maximum absolute atomic E-state index is 13.2. The Bertz CT molecular complexity index is 1370. The van der Waals surface area contributed by atoms with Gasteiger partial charge in [0.15, 0.2) is 0 Å². The van der Waals surface area contributed by atoms with Crippen molar-refractivity contribution in [1.82, 2.24) is 9.62 Å². The highest BCUT2D eigenvalue weighted by atomic mass is 32.2. The molecule has 0 amide bonds. The SMILES string of the molecule is Cc1ccc(CC(C)(C)NCC(O)CN(C)S(=O)(=O)c2cccc(-c3cccc(C(=O)O)c3)c2)cc1C. The molecule has 37 heavy (non-hydrogen) atoms. The molecule has 0 bridgehead atoms. The molecule has 3 aromatic carbocycles. The number of carboxylic acids is 1. The second-order valence-electron chi connectivity index (χ2n) is 10.2. The molecule has 1 atom stereocenters. The van der Waals surface area contributed by atoms with E-state index in [1.165, 1.54) is 48.0 Å². The lowest BCUT2D eigenvalue weighted by molar-refractivity contribution is 0.0697. The first-order chi connectivity index (χ1) is 17.3. The molecular formula is C29H36N2O5S. The van der Waals surface area contributed by atoms with E-state index in [2.05, 4.69) is 51.2 Å². The van der Waals surface area contributed by atoms with Crippen LogP contribution in [0.4, 0.5) is 0 Å². The number of sulfonamides is 1. The fraction of sp³-hybridized carbons (Fsp3) is 0.345. The van der Waals surface area contributed by atoms with Gasteiger partial charge >= 0.3 is 5.97 Å². The third-order valence-corrected chi connectivity index (χ3v) is 8.31. The van der Waals surface area contributed by atoms with Crippen molar-refractivity contribution in [3.05, 3.63) is 89.0 Å². The Labute approximate surface area is 219 Å². The van der Waals surface area contributed by atoms with Crippen LogP contribution in [0.15, 0.2) is 71.6 Å². The summed E-state index contributed by atoms with van der Waals surface area (Å²) in [6, 6.07) is 19.1. The molecule has 8 heteroatoms. The van der Waals surface area contributed by atoms with E-state index in [0.29, 0.717) is 11.1 Å². The normalized spacial score (nSPS) is 13.1. The number of aliphatic hydroxyl groups is 1. The molecule has 0 saturated carbocycles. The van der Waals surface area contributed by atoms with Gasteiger partial charge in [0.2, 0.25) is 10.0 Å². The number of aliphatic hydroxyl groups excluding tert-OH is 1. The van der Waals surface area contributed by atoms with E-state index >= 15 is 0 Å². The van der Waals surface area contributed by atoms with Gasteiger partial charge in [0.1, 0.15) is 0 Å². The van der Waals surface area contributed by atoms with Gasteiger partial charge in [-0.3, -0.25) is 0 Å². The topological polar surface area (TPSA) is 107 Å². The largest absolute Gasteiger partial charge is 0.478 e. The highest BCUT2D eigenvalue weighted by molar-refractivity contribution is 7.89. The summed E-state index contributed by atoms with van der Waals surface area (Å²) in [7, 11) is -2.43. The van der Waals surface area contributed by atoms with E-state index in [4.69, 9.17) is 0 Å². The maximum atomic E-state index is 13.2. The molecule has 0 radical (unpaired) electrons. The molecule has 0 heterocycles. The van der Waals surface area contributed by atoms with Crippen molar-refractivity contribution < 1.29 is 23.4 Å². The van der Waals surface area contributed by atoms with Gasteiger partial charge in [0.25, 0.3) is 0 Å². The lowest BCUT2D eigenvalue weighted by atomic mass is 9.93. The number of carbonyl (C=O) groups is 1. The van der Waals surface area contributed by atoms with Crippen molar-refractivity contribution in [2.24, 2.45) is 0 Å². The number of nitrogens with one attached hydrogen (secondary N) is 1. The zero-order valence-corrected chi connectivity index (χ0v) is 22.8. The Morgan fingerprint density at radius 2 is 1.62 bits per heavy atom. The number of likely N-dealkylation sites (N-methyl/N-ethyl adjacent to an activating group) is 1. The van der Waals surface area contributed by atoms with Crippen molar-refractivity contribution in [2.45, 2.75) is 50.7 Å². The predicted molar refractivity (Wildman–Crippen MR) is 146 cm³/mol. The summed E-state index contributed by atoms with van der Waals surface area (Å²) >= 11 is 0. The maximum Gasteiger partial charge on any atom is 0.335 e. The standard InChI is InChI=1S/C29H36N2O5S/c1-20-12-13-22(14-21(20)2)17-29(3,4)30-18-26(32)19-31(5)37(35,36)27-11-7-9-24(16-27)23-8-6-10-25(15-23)28(33)34/h6-16,26,30,32H,17-19H2,1-5H3,(H,33,34). The molecule has 0 fully saturated rings. The van der Waals surface area contributed by atoms with E-state index in [1.54, 1.807) is 24.3 Å². The first-order valence-electron chi connectivity index (χ1n) is 12.2. The molecule has 3 aromatic rings. The van der Waals surface area contributed by atoms with Crippen LogP contribution >= 0.6 is 0 Å². The van der Waals surface area contributed by atoms with Crippen molar-refractivity contribution in [3.8, 4) is 11.1 Å². The van der Waals surface area contributed by atoms with E-state index in [0.717, 1.165) is 10.7 Å². The summed E-state index contributed by atoms with van der Waals surface area (Å²) in [5, 5.41) is 23.2. The smallest absolute Gasteiger partial charge is 0.335 e. The number of rotatable bonds is 11. The number of benzene rings is 3. The third kappa shape index (κ3) is 7.49. The minimum atomic E-state index is -3.87. The molecule has 3 rings (SSSR count). The summed E-state index contributed by atoms with van der Waals surface area (Å²) in [6.45, 7) is 8.44. The van der Waals surface area contributed by atoms with Crippen LogP contribution in [0.5, 0.6) is 0 Å². The Morgan fingerprint density at radius 3 is 2.27 bits per heavy atom. The first kappa shape index (κ1) is 28.5. The first-order valence-corrected chi connectivity index (χ1v) is 13.6. The van der Waals surface area contributed by atoms with Gasteiger partial charge in [-0.1, -0.05) is 42.5 Å². The van der Waals surface area contributed by atoms with Gasteiger partial charge < -0.3 is 15.5 Å². The second kappa shape index (κ2) is 11.6. The molecule has 0 aliphatic carbocycles. The van der Waals surface area contributed by atoms with Gasteiger partial charge in [0, 0.05) is 25.7 Å². The quantitative estimate of drug-likeness (QED) is 0.346. The van der Waals surface area contributed by atoms with Gasteiger partial charge in [-0.25, -0.2) is 13.2 Å². The van der Waals surface area contributed by atoms with Crippen LogP contribution < -0.4 is 5.32 Å². The molecule has 0 aliphatic rings. The fourth-order valence-corrected chi connectivity index (χ4v) is 5.44. The molecule has 0 aromatic heterocycles. The average molecular weight is 525 g/mol. The van der Waals surface area contributed by atoms with Gasteiger partial charge in [-0.05, 0) is 86.2 Å². The zero-order valence-electron chi connectivity index (χ0n) is 22.0. The molecule has 7 nitrogen and oxygen atoms in total. The number of hydrogen-bond donors (Lipinski definition) is 3. The van der Waals surface area contributed by atoms with Crippen LogP contribution in [0.2, 0.25) is 0 Å². The fourth-order valence-electron chi connectivity index (χ4n) is 4.19. The third-order valence-electron chi connectivity index (χ3n) is 6.49. The molecule has 0 aliphatic heterocycles. The molecular weight excluding hydrogens is 488 g/mol. The average Bonchev–Trinajstić information content (AvgIpc) is 2.85. The number of carboxylic acid groups (broad SMARTS) is 1. The van der Waals surface area contributed by atoms with Crippen LogP contribution in [0, 0.1) is 13.8 Å². The number of aromatic carboxylic acids is 1. The minimum absolute atomic E-state index is 0.0726. The molecule has 3 N–H and O–H groups in total. The van der Waals surface area contributed by atoms with Crippen LogP contribution in [-0.2, 0) is 16.4 Å². The summed E-state index contributed by atoms with van der Waals surface area (Å²) in [4.78, 5) is 11.4. The Hall–Kier alpha value is -3.04. The Morgan fingerprint density at radius 1 is 0.973 bits per heavy atom.